The molecule has 0 amide bonds. The van der Waals surface area contributed by atoms with Gasteiger partial charge in [0.1, 0.15) is 0 Å². The van der Waals surface area contributed by atoms with Gasteiger partial charge in [0, 0.05) is 13.1 Å². The first-order valence-electron chi connectivity index (χ1n) is 5.35. The number of hydrogen-bond acceptors (Lipinski definition) is 2. The van der Waals surface area contributed by atoms with Crippen molar-refractivity contribution in [1.29, 1.82) is 0 Å². The van der Waals surface area contributed by atoms with E-state index in [1.54, 1.807) is 25.1 Å². The number of hydrogen-bond donors (Lipinski definition) is 0. The summed E-state index contributed by atoms with van der Waals surface area (Å²) in [7, 11) is -3.09. The van der Waals surface area contributed by atoms with Crippen LogP contribution in [-0.4, -0.2) is 30.6 Å². The molecule has 0 aromatic rings. The monoisotopic (exact) mass is 219 g/mol. The Morgan fingerprint density at radius 2 is 1.36 bits per heavy atom. The highest BCUT2D eigenvalue weighted by Gasteiger charge is 2.34. The molecule has 3 nitrogen and oxygen atoms in total. The summed E-state index contributed by atoms with van der Waals surface area (Å²) in [4.78, 5) is 0. The van der Waals surface area contributed by atoms with Crippen LogP contribution in [0.3, 0.4) is 0 Å². The van der Waals surface area contributed by atoms with Crippen LogP contribution in [0.15, 0.2) is 0 Å². The lowest BCUT2D eigenvalue weighted by molar-refractivity contribution is 0.405. The maximum Gasteiger partial charge on any atom is 0.219 e. The smallest absolute Gasteiger partial charge is 0.212 e. The second-order valence-corrected chi connectivity index (χ2v) is 7.62. The van der Waals surface area contributed by atoms with Gasteiger partial charge in [-0.25, -0.2) is 12.7 Å². The zero-order chi connectivity index (χ0) is 10.8. The summed E-state index contributed by atoms with van der Waals surface area (Å²) in [5.74, 6) is 0. The van der Waals surface area contributed by atoms with E-state index in [9.17, 15) is 8.42 Å². The molecule has 0 radical (unpaired) electrons. The molecule has 0 unspecified atom stereocenters. The maximum absolute atomic E-state index is 12.1. The van der Waals surface area contributed by atoms with Crippen molar-refractivity contribution in [3.8, 4) is 0 Å². The number of rotatable bonds is 1. The van der Waals surface area contributed by atoms with Gasteiger partial charge in [-0.15, -0.1) is 0 Å². The van der Waals surface area contributed by atoms with Crippen molar-refractivity contribution in [3.05, 3.63) is 0 Å². The van der Waals surface area contributed by atoms with E-state index in [4.69, 9.17) is 0 Å². The lowest BCUT2D eigenvalue weighted by Crippen LogP contribution is -2.43. The minimum Gasteiger partial charge on any atom is -0.212 e. The average Bonchev–Trinajstić information content (AvgIpc) is 2.29. The number of nitrogens with zero attached hydrogens (tertiary/aromatic N) is 1. The predicted molar refractivity (Wildman–Crippen MR) is 58.7 cm³/mol. The van der Waals surface area contributed by atoms with Crippen LogP contribution in [0.1, 0.15) is 46.5 Å². The van der Waals surface area contributed by atoms with Crippen LogP contribution in [-0.2, 0) is 10.0 Å². The van der Waals surface area contributed by atoms with Gasteiger partial charge < -0.3 is 0 Å². The van der Waals surface area contributed by atoms with Gasteiger partial charge in [-0.1, -0.05) is 12.8 Å². The molecule has 0 aromatic carbocycles. The van der Waals surface area contributed by atoms with E-state index in [1.807, 2.05) is 0 Å². The standard InChI is InChI=1S/C10H21NO2S/c1-10(2,3)14(12,13)11-8-6-4-5-7-9-11/h4-9H2,1-3H3. The Labute approximate surface area is 87.5 Å². The van der Waals surface area contributed by atoms with Crippen LogP contribution in [0.2, 0.25) is 0 Å². The molecular weight excluding hydrogens is 198 g/mol. The summed E-state index contributed by atoms with van der Waals surface area (Å²) < 4.78 is 25.2. The summed E-state index contributed by atoms with van der Waals surface area (Å²) in [6.07, 6.45) is 4.34. The van der Waals surface area contributed by atoms with Crippen molar-refractivity contribution in [1.82, 2.24) is 4.31 Å². The second-order valence-electron chi connectivity index (χ2n) is 4.93. The summed E-state index contributed by atoms with van der Waals surface area (Å²) in [6, 6.07) is 0. The maximum atomic E-state index is 12.1. The van der Waals surface area contributed by atoms with Crippen molar-refractivity contribution in [2.24, 2.45) is 0 Å². The fourth-order valence-corrected chi connectivity index (χ4v) is 3.18. The van der Waals surface area contributed by atoms with E-state index >= 15 is 0 Å². The van der Waals surface area contributed by atoms with Crippen molar-refractivity contribution < 1.29 is 8.42 Å². The van der Waals surface area contributed by atoms with Crippen LogP contribution in [0.25, 0.3) is 0 Å². The first kappa shape index (κ1) is 12.0. The minimum absolute atomic E-state index is 0.655. The fourth-order valence-electron chi connectivity index (χ4n) is 1.67. The summed E-state index contributed by atoms with van der Waals surface area (Å²) in [6.45, 7) is 6.73. The van der Waals surface area contributed by atoms with E-state index in [2.05, 4.69) is 0 Å². The van der Waals surface area contributed by atoms with Crippen LogP contribution >= 0.6 is 0 Å². The molecule has 0 atom stereocenters. The fraction of sp³-hybridized carbons (Fsp3) is 1.00. The van der Waals surface area contributed by atoms with Crippen LogP contribution in [0, 0.1) is 0 Å². The Morgan fingerprint density at radius 3 is 1.71 bits per heavy atom. The highest BCUT2D eigenvalue weighted by molar-refractivity contribution is 7.90. The Bertz CT molecular complexity index is 269. The Kier molecular flexibility index (Phi) is 3.58. The summed E-state index contributed by atoms with van der Waals surface area (Å²) in [5, 5.41) is 0. The SMILES string of the molecule is CC(C)(C)S(=O)(=O)N1CCCCCC1. The second kappa shape index (κ2) is 4.19. The Balaban J connectivity index is 2.81. The summed E-state index contributed by atoms with van der Waals surface area (Å²) >= 11 is 0. The third-order valence-corrected chi connectivity index (χ3v) is 5.27. The molecular formula is C10H21NO2S. The molecule has 1 aliphatic rings. The van der Waals surface area contributed by atoms with Crippen LogP contribution in [0.5, 0.6) is 0 Å². The van der Waals surface area contributed by atoms with Gasteiger partial charge in [-0.3, -0.25) is 0 Å². The average molecular weight is 219 g/mol. The molecule has 0 aliphatic carbocycles. The van der Waals surface area contributed by atoms with E-state index in [1.165, 1.54) is 0 Å². The van der Waals surface area contributed by atoms with Crippen molar-refractivity contribution in [2.45, 2.75) is 51.2 Å². The van der Waals surface area contributed by atoms with Gasteiger partial charge in [0.2, 0.25) is 10.0 Å². The highest BCUT2D eigenvalue weighted by atomic mass is 32.2. The Morgan fingerprint density at radius 1 is 0.929 bits per heavy atom. The number of sulfonamides is 1. The molecule has 0 N–H and O–H groups in total. The lowest BCUT2D eigenvalue weighted by atomic mass is 10.2. The zero-order valence-corrected chi connectivity index (χ0v) is 10.2. The van der Waals surface area contributed by atoms with E-state index in [-0.39, 0.29) is 0 Å². The van der Waals surface area contributed by atoms with Gasteiger partial charge in [-0.2, -0.15) is 0 Å². The van der Waals surface area contributed by atoms with E-state index in [0.717, 1.165) is 25.7 Å². The molecule has 0 aromatic heterocycles. The van der Waals surface area contributed by atoms with Crippen molar-refractivity contribution in [3.63, 3.8) is 0 Å². The Hall–Kier alpha value is -0.0900. The van der Waals surface area contributed by atoms with Crippen molar-refractivity contribution in [2.75, 3.05) is 13.1 Å². The van der Waals surface area contributed by atoms with E-state index < -0.39 is 14.8 Å². The lowest BCUT2D eigenvalue weighted by Gasteiger charge is -2.28. The van der Waals surface area contributed by atoms with E-state index in [0.29, 0.717) is 13.1 Å². The van der Waals surface area contributed by atoms with Gasteiger partial charge in [0.25, 0.3) is 0 Å². The molecule has 1 heterocycles. The third-order valence-electron chi connectivity index (χ3n) is 2.68. The molecule has 14 heavy (non-hydrogen) atoms. The molecule has 4 heteroatoms. The molecule has 0 spiro atoms. The quantitative estimate of drug-likeness (QED) is 0.676. The topological polar surface area (TPSA) is 37.4 Å². The minimum atomic E-state index is -3.09. The largest absolute Gasteiger partial charge is 0.219 e. The van der Waals surface area contributed by atoms with Gasteiger partial charge >= 0.3 is 0 Å². The molecule has 0 saturated carbocycles. The molecule has 1 aliphatic heterocycles. The molecule has 0 bridgehead atoms. The molecule has 1 rings (SSSR count). The normalized spacial score (nSPS) is 21.9. The van der Waals surface area contributed by atoms with Gasteiger partial charge in [0.05, 0.1) is 4.75 Å². The summed E-state index contributed by atoms with van der Waals surface area (Å²) in [5.41, 5.74) is 0. The first-order valence-corrected chi connectivity index (χ1v) is 6.79. The van der Waals surface area contributed by atoms with Crippen molar-refractivity contribution >= 4 is 10.0 Å². The predicted octanol–water partition coefficient (Wildman–Crippen LogP) is 1.99. The van der Waals surface area contributed by atoms with Crippen LogP contribution in [0.4, 0.5) is 0 Å². The molecule has 1 saturated heterocycles. The molecule has 1 fully saturated rings. The highest BCUT2D eigenvalue weighted by Crippen LogP contribution is 2.23. The van der Waals surface area contributed by atoms with Gasteiger partial charge in [0.15, 0.2) is 0 Å². The zero-order valence-electron chi connectivity index (χ0n) is 9.41. The first-order chi connectivity index (χ1) is 6.36. The molecule has 84 valence electrons. The third kappa shape index (κ3) is 2.48. The van der Waals surface area contributed by atoms with Gasteiger partial charge in [-0.05, 0) is 33.6 Å². The van der Waals surface area contributed by atoms with Crippen LogP contribution < -0.4 is 0 Å².